The highest BCUT2D eigenvalue weighted by Gasteiger charge is 2.27. The van der Waals surface area contributed by atoms with Crippen LogP contribution in [0.25, 0.3) is 0 Å². The molecule has 3 N–H and O–H groups in total. The first-order valence-corrected chi connectivity index (χ1v) is 26.7. The number of phosphoric ester groups is 1. The van der Waals surface area contributed by atoms with E-state index in [0.717, 1.165) is 38.5 Å². The lowest BCUT2D eigenvalue weighted by molar-refractivity contribution is -0.870. The van der Waals surface area contributed by atoms with Crippen molar-refractivity contribution in [3.8, 4) is 0 Å². The molecular weight excluding hydrogens is 756 g/mol. The van der Waals surface area contributed by atoms with Crippen molar-refractivity contribution in [1.82, 2.24) is 5.32 Å². The molecule has 0 aliphatic carbocycles. The molecule has 0 rings (SSSR count). The number of carbonyl (C=O) groups excluding carboxylic acids is 1. The van der Waals surface area contributed by atoms with Crippen LogP contribution in [0.5, 0.6) is 0 Å². The molecule has 350 valence electrons. The zero-order valence-electron chi connectivity index (χ0n) is 39.8. The van der Waals surface area contributed by atoms with Gasteiger partial charge in [-0.15, -0.1) is 0 Å². The number of quaternary nitrogens is 1. The number of aliphatic hydroxyl groups is 1. The van der Waals surface area contributed by atoms with Gasteiger partial charge in [-0.3, -0.25) is 13.8 Å². The number of hydrogen-bond acceptors (Lipinski definition) is 5. The van der Waals surface area contributed by atoms with Crippen molar-refractivity contribution >= 4 is 13.7 Å². The average molecular weight is 856 g/mol. The predicted molar refractivity (Wildman–Crippen MR) is 254 cm³/mol. The molecule has 0 saturated carbocycles. The first kappa shape index (κ1) is 58.0. The Hall–Kier alpha value is -1.02. The molecule has 0 bridgehead atoms. The fraction of sp³-hybridized carbons (Fsp3) is 0.900. The van der Waals surface area contributed by atoms with Crippen LogP contribution >= 0.6 is 7.82 Å². The smallest absolute Gasteiger partial charge is 0.387 e. The monoisotopic (exact) mass is 856 g/mol. The minimum absolute atomic E-state index is 0.0584. The van der Waals surface area contributed by atoms with Gasteiger partial charge in [0.1, 0.15) is 13.2 Å². The molecule has 0 aromatic rings. The average Bonchev–Trinajstić information content (AvgIpc) is 3.19. The highest BCUT2D eigenvalue weighted by molar-refractivity contribution is 7.47. The van der Waals surface area contributed by atoms with Crippen LogP contribution in [0.4, 0.5) is 0 Å². The highest BCUT2D eigenvalue weighted by atomic mass is 31.2. The summed E-state index contributed by atoms with van der Waals surface area (Å²) >= 11 is 0. The van der Waals surface area contributed by atoms with Crippen LogP contribution in [0.15, 0.2) is 24.3 Å². The van der Waals surface area contributed by atoms with Crippen LogP contribution in [-0.2, 0) is 18.4 Å². The number of allylic oxidation sites excluding steroid dienone is 3. The second kappa shape index (κ2) is 42.3. The molecular formula is C50H100N2O6P+. The second-order valence-electron chi connectivity index (χ2n) is 18.5. The zero-order chi connectivity index (χ0) is 43.6. The van der Waals surface area contributed by atoms with E-state index in [9.17, 15) is 19.4 Å². The molecule has 3 unspecified atom stereocenters. The second-order valence-corrected chi connectivity index (χ2v) is 20.0. The normalized spacial score (nSPS) is 14.4. The van der Waals surface area contributed by atoms with Gasteiger partial charge < -0.3 is 19.8 Å². The Kier molecular flexibility index (Phi) is 41.6. The van der Waals surface area contributed by atoms with Crippen LogP contribution in [0.2, 0.25) is 0 Å². The summed E-state index contributed by atoms with van der Waals surface area (Å²) in [6, 6.07) is -0.858. The predicted octanol–water partition coefficient (Wildman–Crippen LogP) is 14.5. The van der Waals surface area contributed by atoms with E-state index in [1.54, 1.807) is 6.08 Å². The van der Waals surface area contributed by atoms with Gasteiger partial charge in [0.25, 0.3) is 0 Å². The number of unbranched alkanes of at least 4 members (excludes halogenated alkanes) is 31. The highest BCUT2D eigenvalue weighted by Crippen LogP contribution is 2.43. The fourth-order valence-electron chi connectivity index (χ4n) is 7.41. The summed E-state index contributed by atoms with van der Waals surface area (Å²) in [5.41, 5.74) is 0. The van der Waals surface area contributed by atoms with Gasteiger partial charge in [0.2, 0.25) is 5.91 Å². The molecule has 0 radical (unpaired) electrons. The van der Waals surface area contributed by atoms with Crippen molar-refractivity contribution < 1.29 is 32.9 Å². The lowest BCUT2D eigenvalue weighted by atomic mass is 10.0. The number of amides is 1. The topological polar surface area (TPSA) is 105 Å². The summed E-state index contributed by atoms with van der Waals surface area (Å²) in [4.78, 5) is 23.2. The van der Waals surface area contributed by atoms with Crippen molar-refractivity contribution in [2.75, 3.05) is 40.9 Å². The zero-order valence-corrected chi connectivity index (χ0v) is 40.7. The molecule has 0 saturated heterocycles. The number of aliphatic hydroxyl groups excluding tert-OH is 1. The van der Waals surface area contributed by atoms with Gasteiger partial charge in [-0.25, -0.2) is 4.57 Å². The lowest BCUT2D eigenvalue weighted by Gasteiger charge is -2.25. The largest absolute Gasteiger partial charge is 0.472 e. The van der Waals surface area contributed by atoms with Gasteiger partial charge in [-0.1, -0.05) is 224 Å². The Morgan fingerprint density at radius 3 is 1.36 bits per heavy atom. The maximum absolute atomic E-state index is 12.9. The number of likely N-dealkylation sites (N-methyl/N-ethyl adjacent to an activating group) is 1. The standard InChI is InChI=1S/C50H99N2O6P/c1-6-8-10-12-14-16-18-20-22-23-24-25-26-27-28-29-30-32-34-36-38-40-42-44-50(54)51-48(47-58-59(55,56)57-46-45-52(3,4)5)49(53)43-41-39-37-35-33-31-21-19-17-15-13-11-9-7-2/h33,35,41,43,48-49,53H,6-32,34,36-40,42,44-47H2,1-5H3,(H-,51,54,55,56)/p+1/b35-33+,43-41+. The van der Waals surface area contributed by atoms with E-state index in [0.29, 0.717) is 17.4 Å². The number of nitrogens with zero attached hydrogens (tertiary/aromatic N) is 1. The molecule has 0 aromatic heterocycles. The van der Waals surface area contributed by atoms with Crippen molar-refractivity contribution in [3.63, 3.8) is 0 Å². The minimum atomic E-state index is -4.34. The Morgan fingerprint density at radius 1 is 0.559 bits per heavy atom. The first-order valence-electron chi connectivity index (χ1n) is 25.2. The van der Waals surface area contributed by atoms with Crippen molar-refractivity contribution in [2.45, 2.75) is 251 Å². The van der Waals surface area contributed by atoms with Crippen LogP contribution in [-0.4, -0.2) is 73.4 Å². The molecule has 0 fully saturated rings. The third-order valence-corrected chi connectivity index (χ3v) is 12.4. The number of rotatable bonds is 46. The summed E-state index contributed by atoms with van der Waals surface area (Å²) in [5.74, 6) is -0.183. The van der Waals surface area contributed by atoms with Crippen LogP contribution in [0, 0.1) is 0 Å². The number of nitrogens with one attached hydrogen (secondary N) is 1. The minimum Gasteiger partial charge on any atom is -0.387 e. The van der Waals surface area contributed by atoms with Gasteiger partial charge in [-0.2, -0.15) is 0 Å². The summed E-state index contributed by atoms with van der Waals surface area (Å²) in [6.07, 6.45) is 51.2. The van der Waals surface area contributed by atoms with Gasteiger partial charge in [0.05, 0.1) is 39.9 Å². The molecule has 0 aliphatic rings. The Balaban J connectivity index is 4.25. The molecule has 0 aliphatic heterocycles. The Morgan fingerprint density at radius 2 is 0.932 bits per heavy atom. The summed E-state index contributed by atoms with van der Waals surface area (Å²) in [5, 5.41) is 13.8. The summed E-state index contributed by atoms with van der Waals surface area (Å²) in [6.45, 7) is 4.81. The third kappa shape index (κ3) is 44.8. The number of carbonyl (C=O) groups is 1. The third-order valence-electron chi connectivity index (χ3n) is 11.4. The van der Waals surface area contributed by atoms with Gasteiger partial charge >= 0.3 is 7.82 Å². The molecule has 0 heterocycles. The fourth-order valence-corrected chi connectivity index (χ4v) is 8.15. The van der Waals surface area contributed by atoms with E-state index < -0.39 is 20.0 Å². The summed E-state index contributed by atoms with van der Waals surface area (Å²) < 4.78 is 23.6. The number of phosphoric acid groups is 1. The van der Waals surface area contributed by atoms with Crippen LogP contribution in [0.3, 0.4) is 0 Å². The van der Waals surface area contributed by atoms with E-state index in [2.05, 4.69) is 31.3 Å². The SMILES string of the molecule is CCCCCCCCCC/C=C/CC/C=C/C(O)C(COP(=O)(O)OCC[N+](C)(C)C)NC(=O)CCCCCCCCCCCCCCCCCCCCCCCCC. The van der Waals surface area contributed by atoms with E-state index in [4.69, 9.17) is 9.05 Å². The molecule has 3 atom stereocenters. The molecule has 1 amide bonds. The first-order chi connectivity index (χ1) is 28.5. The van der Waals surface area contributed by atoms with Gasteiger partial charge in [0.15, 0.2) is 0 Å². The molecule has 0 spiro atoms. The van der Waals surface area contributed by atoms with Crippen LogP contribution < -0.4 is 5.32 Å². The maximum atomic E-state index is 12.9. The van der Waals surface area contributed by atoms with E-state index >= 15 is 0 Å². The van der Waals surface area contributed by atoms with Crippen molar-refractivity contribution in [2.24, 2.45) is 0 Å². The molecule has 59 heavy (non-hydrogen) atoms. The van der Waals surface area contributed by atoms with Crippen molar-refractivity contribution in [3.05, 3.63) is 24.3 Å². The molecule has 8 nitrogen and oxygen atoms in total. The van der Waals surface area contributed by atoms with Gasteiger partial charge in [0, 0.05) is 6.42 Å². The van der Waals surface area contributed by atoms with Gasteiger partial charge in [-0.05, 0) is 32.1 Å². The maximum Gasteiger partial charge on any atom is 0.472 e. The van der Waals surface area contributed by atoms with Crippen molar-refractivity contribution in [1.29, 1.82) is 0 Å². The van der Waals surface area contributed by atoms with E-state index in [1.165, 1.54) is 180 Å². The quantitative estimate of drug-likeness (QED) is 0.0244. The van der Waals surface area contributed by atoms with Crippen LogP contribution in [0.1, 0.15) is 239 Å². The number of hydrogen-bond donors (Lipinski definition) is 3. The molecule has 9 heteroatoms. The lowest BCUT2D eigenvalue weighted by Crippen LogP contribution is -2.45. The van der Waals surface area contributed by atoms with E-state index in [-0.39, 0.29) is 19.1 Å². The Labute approximate surface area is 366 Å². The molecule has 0 aromatic carbocycles. The summed E-state index contributed by atoms with van der Waals surface area (Å²) in [7, 11) is 1.56. The van der Waals surface area contributed by atoms with E-state index in [1.807, 2.05) is 27.2 Å². The Bertz CT molecular complexity index is 1020.